The number of nitrogens with one attached hydrogen (secondary N) is 1. The molecule has 88 valence electrons. The Labute approximate surface area is 92.7 Å². The van der Waals surface area contributed by atoms with Gasteiger partial charge in [-0.3, -0.25) is 0 Å². The van der Waals surface area contributed by atoms with Crippen LogP contribution in [0, 0.1) is 0 Å². The summed E-state index contributed by atoms with van der Waals surface area (Å²) >= 11 is 0. The van der Waals surface area contributed by atoms with Crippen LogP contribution in [0.1, 0.15) is 17.5 Å². The van der Waals surface area contributed by atoms with Gasteiger partial charge in [-0.05, 0) is 37.4 Å². The lowest BCUT2D eigenvalue weighted by Gasteiger charge is -2.39. The molecule has 16 heavy (non-hydrogen) atoms. The van der Waals surface area contributed by atoms with Crippen molar-refractivity contribution in [3.8, 4) is 0 Å². The van der Waals surface area contributed by atoms with Gasteiger partial charge < -0.3 is 5.32 Å². The van der Waals surface area contributed by atoms with Crippen LogP contribution >= 0.6 is 0 Å². The molecular weight excluding hydrogens is 215 g/mol. The number of hydrogen-bond acceptors (Lipinski definition) is 1. The topological polar surface area (TPSA) is 12.0 Å². The van der Waals surface area contributed by atoms with Gasteiger partial charge >= 0.3 is 6.18 Å². The maximum Gasteiger partial charge on any atom is 0.406 e. The Balaban J connectivity index is 2.36. The summed E-state index contributed by atoms with van der Waals surface area (Å²) in [4.78, 5) is 0. The molecule has 1 aromatic rings. The van der Waals surface area contributed by atoms with Gasteiger partial charge in [-0.15, -0.1) is 0 Å². The molecule has 1 atom stereocenters. The van der Waals surface area contributed by atoms with E-state index in [2.05, 4.69) is 5.32 Å². The molecule has 1 unspecified atom stereocenters. The van der Waals surface area contributed by atoms with E-state index in [1.54, 1.807) is 12.1 Å². The molecular formula is C12H14F3N. The van der Waals surface area contributed by atoms with Crippen LogP contribution in [0.15, 0.2) is 24.3 Å². The van der Waals surface area contributed by atoms with Gasteiger partial charge in [0.05, 0.1) is 0 Å². The van der Waals surface area contributed by atoms with E-state index in [0.717, 1.165) is 11.1 Å². The Hall–Kier alpha value is -1.03. The minimum atomic E-state index is -4.20. The second-order valence-electron chi connectivity index (χ2n) is 4.28. The molecule has 0 fully saturated rings. The molecule has 0 saturated carbocycles. The molecule has 1 nitrogen and oxygen atoms in total. The van der Waals surface area contributed by atoms with Crippen molar-refractivity contribution >= 4 is 0 Å². The third-order valence-corrected chi connectivity index (χ3v) is 3.45. The number of benzene rings is 1. The van der Waals surface area contributed by atoms with Gasteiger partial charge in [0.1, 0.15) is 5.54 Å². The molecule has 0 spiro atoms. The number of alkyl halides is 3. The minimum absolute atomic E-state index is 0.0309. The summed E-state index contributed by atoms with van der Waals surface area (Å²) in [5.74, 6) is 0. The summed E-state index contributed by atoms with van der Waals surface area (Å²) in [5, 5.41) is 2.47. The quantitative estimate of drug-likeness (QED) is 0.780. The molecule has 0 aromatic heterocycles. The Morgan fingerprint density at radius 3 is 2.38 bits per heavy atom. The zero-order valence-electron chi connectivity index (χ0n) is 9.06. The van der Waals surface area contributed by atoms with Gasteiger partial charge in [0, 0.05) is 0 Å². The van der Waals surface area contributed by atoms with E-state index in [1.807, 2.05) is 12.1 Å². The van der Waals surface area contributed by atoms with Crippen LogP contribution in [-0.4, -0.2) is 18.8 Å². The zero-order chi connectivity index (χ0) is 11.8. The highest BCUT2D eigenvalue weighted by atomic mass is 19.4. The first-order chi connectivity index (χ1) is 7.48. The molecule has 0 aliphatic heterocycles. The van der Waals surface area contributed by atoms with E-state index in [0.29, 0.717) is 6.42 Å². The molecule has 1 N–H and O–H groups in total. The predicted octanol–water partition coefficient (Wildman–Crippen LogP) is 2.70. The van der Waals surface area contributed by atoms with Gasteiger partial charge in [0.25, 0.3) is 0 Å². The lowest BCUT2D eigenvalue weighted by molar-refractivity contribution is -0.198. The second kappa shape index (κ2) is 3.77. The van der Waals surface area contributed by atoms with Crippen molar-refractivity contribution in [2.24, 2.45) is 0 Å². The summed E-state index contributed by atoms with van der Waals surface area (Å²) in [6.07, 6.45) is -3.57. The zero-order valence-corrected chi connectivity index (χ0v) is 9.06. The highest BCUT2D eigenvalue weighted by molar-refractivity contribution is 5.33. The van der Waals surface area contributed by atoms with Gasteiger partial charge in [-0.1, -0.05) is 24.3 Å². The number of hydrogen-bond donors (Lipinski definition) is 1. The lowest BCUT2D eigenvalue weighted by Crippen LogP contribution is -2.58. The first kappa shape index (κ1) is 11.5. The lowest BCUT2D eigenvalue weighted by atomic mass is 9.77. The molecule has 0 radical (unpaired) electrons. The van der Waals surface area contributed by atoms with Crippen LogP contribution in [0.3, 0.4) is 0 Å². The van der Waals surface area contributed by atoms with E-state index in [-0.39, 0.29) is 12.8 Å². The average molecular weight is 229 g/mol. The average Bonchev–Trinajstić information content (AvgIpc) is 2.27. The summed E-state index contributed by atoms with van der Waals surface area (Å²) in [5.41, 5.74) is 0.0968. The number of aryl methyl sites for hydroxylation is 1. The van der Waals surface area contributed by atoms with Crippen molar-refractivity contribution in [2.75, 3.05) is 7.05 Å². The molecule has 1 aliphatic rings. The smallest absolute Gasteiger partial charge is 0.306 e. The first-order valence-corrected chi connectivity index (χ1v) is 5.31. The van der Waals surface area contributed by atoms with E-state index >= 15 is 0 Å². The minimum Gasteiger partial charge on any atom is -0.306 e. The fourth-order valence-corrected chi connectivity index (χ4v) is 2.33. The van der Waals surface area contributed by atoms with Crippen molar-refractivity contribution in [3.63, 3.8) is 0 Å². The van der Waals surface area contributed by atoms with Gasteiger partial charge in [-0.25, -0.2) is 0 Å². The molecule has 4 heteroatoms. The van der Waals surface area contributed by atoms with Crippen molar-refractivity contribution in [1.29, 1.82) is 0 Å². The summed E-state index contributed by atoms with van der Waals surface area (Å²) in [7, 11) is 1.39. The SMILES string of the molecule is CNC1(C(F)(F)F)CCc2ccccc2C1. The summed E-state index contributed by atoms with van der Waals surface area (Å²) in [6, 6.07) is 7.36. The van der Waals surface area contributed by atoms with Crippen LogP contribution in [-0.2, 0) is 12.8 Å². The van der Waals surface area contributed by atoms with E-state index < -0.39 is 11.7 Å². The largest absolute Gasteiger partial charge is 0.406 e. The summed E-state index contributed by atoms with van der Waals surface area (Å²) in [6.45, 7) is 0. The fourth-order valence-electron chi connectivity index (χ4n) is 2.33. The van der Waals surface area contributed by atoms with Crippen LogP contribution in [0.2, 0.25) is 0 Å². The highest BCUT2D eigenvalue weighted by Gasteiger charge is 2.54. The van der Waals surface area contributed by atoms with Gasteiger partial charge in [0.15, 0.2) is 0 Å². The maximum absolute atomic E-state index is 13.0. The van der Waals surface area contributed by atoms with E-state index in [9.17, 15) is 13.2 Å². The van der Waals surface area contributed by atoms with Crippen molar-refractivity contribution < 1.29 is 13.2 Å². The molecule has 1 aromatic carbocycles. The highest BCUT2D eigenvalue weighted by Crippen LogP contribution is 2.40. The molecule has 0 amide bonds. The van der Waals surface area contributed by atoms with Gasteiger partial charge in [0.2, 0.25) is 0 Å². The van der Waals surface area contributed by atoms with Crippen molar-refractivity contribution in [3.05, 3.63) is 35.4 Å². The Kier molecular flexibility index (Phi) is 2.70. The van der Waals surface area contributed by atoms with Crippen molar-refractivity contribution in [2.45, 2.75) is 31.0 Å². The maximum atomic E-state index is 13.0. The van der Waals surface area contributed by atoms with Crippen LogP contribution < -0.4 is 5.32 Å². The molecule has 1 aliphatic carbocycles. The van der Waals surface area contributed by atoms with E-state index in [4.69, 9.17) is 0 Å². The standard InChI is InChI=1S/C12H14F3N/c1-16-11(12(13,14)15)7-6-9-4-2-3-5-10(9)8-11/h2-5,16H,6-8H2,1H3. The monoisotopic (exact) mass is 229 g/mol. The van der Waals surface area contributed by atoms with E-state index in [1.165, 1.54) is 7.05 Å². The van der Waals surface area contributed by atoms with Crippen LogP contribution in [0.4, 0.5) is 13.2 Å². The number of halogens is 3. The predicted molar refractivity (Wildman–Crippen MR) is 56.3 cm³/mol. The third kappa shape index (κ3) is 1.71. The number of fused-ring (bicyclic) bond motifs is 1. The normalized spacial score (nSPS) is 25.2. The van der Waals surface area contributed by atoms with Crippen LogP contribution in [0.5, 0.6) is 0 Å². The molecule has 2 rings (SSSR count). The van der Waals surface area contributed by atoms with Crippen molar-refractivity contribution in [1.82, 2.24) is 5.32 Å². The first-order valence-electron chi connectivity index (χ1n) is 5.31. The molecule has 0 saturated heterocycles. The molecule has 0 heterocycles. The fraction of sp³-hybridized carbons (Fsp3) is 0.500. The van der Waals surface area contributed by atoms with Crippen LogP contribution in [0.25, 0.3) is 0 Å². The number of likely N-dealkylation sites (N-methyl/N-ethyl adjacent to an activating group) is 1. The van der Waals surface area contributed by atoms with Gasteiger partial charge in [-0.2, -0.15) is 13.2 Å². The Morgan fingerprint density at radius 2 is 1.81 bits per heavy atom. The third-order valence-electron chi connectivity index (χ3n) is 3.45. The Morgan fingerprint density at radius 1 is 1.19 bits per heavy atom. The molecule has 0 bridgehead atoms. The summed E-state index contributed by atoms with van der Waals surface area (Å²) < 4.78 is 39.1. The Bertz CT molecular complexity index is 386. The number of rotatable bonds is 1. The second-order valence-corrected chi connectivity index (χ2v) is 4.28.